The first-order chi connectivity index (χ1) is 1.41. The monoisotopic (exact) mass is 211 g/mol. The Kier molecular flexibility index (Phi) is 57.8. The molecule has 0 aromatic heterocycles. The third-order valence-corrected chi connectivity index (χ3v) is 0. The summed E-state index contributed by atoms with van der Waals surface area (Å²) in [6, 6.07) is 0. The molecule has 0 aliphatic rings. The van der Waals surface area contributed by atoms with Gasteiger partial charge in [0.25, 0.3) is 0 Å². The Hall–Kier alpha value is 1.45. The van der Waals surface area contributed by atoms with Gasteiger partial charge < -0.3 is 0 Å². The first-order valence-electron chi connectivity index (χ1n) is 0.270. The average Bonchev–Trinajstić information content (AvgIpc) is 0.918. The Morgan fingerprint density at radius 3 is 1.20 bits per heavy atom. The summed E-state index contributed by atoms with van der Waals surface area (Å²) in [5.41, 5.74) is 0. The standard InChI is InChI=1S/Cu.Fe.Ni.2H2O/h;;;2*1H2/q+2;;;;/p-2. The zero-order valence-electron chi connectivity index (χ0n) is 1.87. The Morgan fingerprint density at radius 2 is 1.20 bits per heavy atom. The van der Waals surface area contributed by atoms with Crippen molar-refractivity contribution in [2.75, 3.05) is 0 Å². The van der Waals surface area contributed by atoms with Crippen LogP contribution in [0.15, 0.2) is 0 Å². The molecule has 0 atom stereocenters. The number of rotatable bonds is 0. The SMILES string of the molecule is [Fe].[Ni].[OH][Cu][OH]. The summed E-state index contributed by atoms with van der Waals surface area (Å²) in [5.74, 6) is 0. The van der Waals surface area contributed by atoms with Gasteiger partial charge >= 0.3 is 24.0 Å². The fraction of sp³-hybridized carbons (Fsp3) is 0. The van der Waals surface area contributed by atoms with E-state index >= 15 is 0 Å². The average molecular weight is 212 g/mol. The Bertz CT molecular complexity index is 9.61. The van der Waals surface area contributed by atoms with E-state index in [4.69, 9.17) is 8.38 Å². The van der Waals surface area contributed by atoms with Crippen LogP contribution in [0.1, 0.15) is 0 Å². The zero-order chi connectivity index (χ0) is 2.71. The molecular formula is H2CuFeNiO2. The molecule has 2 nitrogen and oxygen atoms in total. The molecule has 0 rings (SSSR count). The van der Waals surface area contributed by atoms with Crippen LogP contribution in [-0.4, -0.2) is 8.38 Å². The van der Waals surface area contributed by atoms with Crippen LogP contribution in [0.2, 0.25) is 0 Å². The molecule has 2 N–H and O–H groups in total. The van der Waals surface area contributed by atoms with Crippen LogP contribution in [0.4, 0.5) is 0 Å². The second-order valence-corrected chi connectivity index (χ2v) is 0.249. The third kappa shape index (κ3) is 30.8. The molecule has 43 valence electrons. The predicted molar refractivity (Wildman–Crippen MR) is 4.44 cm³/mol. The van der Waals surface area contributed by atoms with Crippen molar-refractivity contribution in [3.05, 3.63) is 0 Å². The van der Waals surface area contributed by atoms with Gasteiger partial charge in [0, 0.05) is 33.6 Å². The van der Waals surface area contributed by atoms with Crippen molar-refractivity contribution in [3.63, 3.8) is 0 Å². The summed E-state index contributed by atoms with van der Waals surface area (Å²) < 4.78 is 14.1. The van der Waals surface area contributed by atoms with Crippen LogP contribution in [0.5, 0.6) is 0 Å². The van der Waals surface area contributed by atoms with Crippen LogP contribution in [0.25, 0.3) is 0 Å². The molecule has 0 fully saturated rings. The molecule has 0 bridgehead atoms. The fourth-order valence-electron chi connectivity index (χ4n) is 0. The molecule has 0 heterocycles. The minimum atomic E-state index is -0.188. The van der Waals surface area contributed by atoms with Gasteiger partial charge in [-0.2, -0.15) is 0 Å². The molecule has 0 saturated heterocycles. The first kappa shape index (κ1) is 16.1. The van der Waals surface area contributed by atoms with Crippen LogP contribution >= 0.6 is 0 Å². The minimum absolute atomic E-state index is 0. The van der Waals surface area contributed by atoms with Gasteiger partial charge in [0.15, 0.2) is 0 Å². The van der Waals surface area contributed by atoms with Gasteiger partial charge in [0.2, 0.25) is 0 Å². The maximum absolute atomic E-state index is 7.03. The summed E-state index contributed by atoms with van der Waals surface area (Å²) >= 11 is -0.188. The van der Waals surface area contributed by atoms with Gasteiger partial charge in [-0.25, -0.2) is 0 Å². The van der Waals surface area contributed by atoms with Crippen LogP contribution in [0, 0.1) is 0 Å². The molecule has 0 aliphatic carbocycles. The van der Waals surface area contributed by atoms with Crippen LogP contribution in [0.3, 0.4) is 0 Å². The van der Waals surface area contributed by atoms with E-state index in [0.717, 1.165) is 0 Å². The topological polar surface area (TPSA) is 40.5 Å². The maximum atomic E-state index is 7.03. The van der Waals surface area contributed by atoms with Crippen molar-refractivity contribution in [1.82, 2.24) is 0 Å². The molecule has 0 aromatic rings. The molecular weight excluding hydrogens is 210 g/mol. The van der Waals surface area contributed by atoms with E-state index in [1.807, 2.05) is 0 Å². The van der Waals surface area contributed by atoms with E-state index < -0.39 is 0 Å². The number of hydrogen-bond donors (Lipinski definition) is 2. The quantitative estimate of drug-likeness (QED) is 0.499. The molecule has 5 heteroatoms. The normalized spacial score (nSPS) is 4.40. The molecule has 0 unspecified atom stereocenters. The second-order valence-electron chi connectivity index (χ2n) is 0.0603. The van der Waals surface area contributed by atoms with Gasteiger partial charge in [-0.05, 0) is 0 Å². The van der Waals surface area contributed by atoms with Crippen molar-refractivity contribution in [3.8, 4) is 0 Å². The molecule has 0 spiro atoms. The summed E-state index contributed by atoms with van der Waals surface area (Å²) in [6.07, 6.45) is 0. The van der Waals surface area contributed by atoms with E-state index in [9.17, 15) is 0 Å². The van der Waals surface area contributed by atoms with E-state index in [1.165, 1.54) is 0 Å². The van der Waals surface area contributed by atoms with Gasteiger partial charge in [-0.3, -0.25) is 0 Å². The summed E-state index contributed by atoms with van der Waals surface area (Å²) in [5, 5.41) is 0. The van der Waals surface area contributed by atoms with Gasteiger partial charge in [-0.1, -0.05) is 0 Å². The Morgan fingerprint density at radius 1 is 1.20 bits per heavy atom. The van der Waals surface area contributed by atoms with Gasteiger partial charge in [-0.15, -0.1) is 0 Å². The molecule has 0 amide bonds. The van der Waals surface area contributed by atoms with E-state index in [-0.39, 0.29) is 49.2 Å². The van der Waals surface area contributed by atoms with Crippen molar-refractivity contribution in [2.45, 2.75) is 0 Å². The Labute approximate surface area is 57.5 Å². The van der Waals surface area contributed by atoms with Crippen molar-refractivity contribution < 1.29 is 57.6 Å². The van der Waals surface area contributed by atoms with Gasteiger partial charge in [0.05, 0.1) is 0 Å². The molecule has 0 saturated carbocycles. The summed E-state index contributed by atoms with van der Waals surface area (Å²) in [7, 11) is 0. The van der Waals surface area contributed by atoms with E-state index in [0.29, 0.717) is 0 Å². The Balaban J connectivity index is -0.0000000200. The molecule has 0 radical (unpaired) electrons. The predicted octanol–water partition coefficient (Wildman–Crippen LogP) is -1.12. The summed E-state index contributed by atoms with van der Waals surface area (Å²) in [6.45, 7) is 0. The van der Waals surface area contributed by atoms with E-state index in [1.54, 1.807) is 0 Å². The molecule has 5 heavy (non-hydrogen) atoms. The van der Waals surface area contributed by atoms with Crippen LogP contribution < -0.4 is 0 Å². The molecule has 0 aliphatic heterocycles. The fourth-order valence-corrected chi connectivity index (χ4v) is 0. The number of hydrogen-bond acceptors (Lipinski definition) is 2. The van der Waals surface area contributed by atoms with Crippen molar-refractivity contribution in [2.24, 2.45) is 0 Å². The zero-order valence-corrected chi connectivity index (χ0v) is 4.90. The summed E-state index contributed by atoms with van der Waals surface area (Å²) in [4.78, 5) is 0. The van der Waals surface area contributed by atoms with Crippen molar-refractivity contribution in [1.29, 1.82) is 0 Å². The first-order valence-corrected chi connectivity index (χ1v) is 1.11. The third-order valence-electron chi connectivity index (χ3n) is 0. The van der Waals surface area contributed by atoms with E-state index in [2.05, 4.69) is 0 Å². The van der Waals surface area contributed by atoms with Gasteiger partial charge in [0.1, 0.15) is 0 Å². The van der Waals surface area contributed by atoms with Crippen LogP contribution in [-0.2, 0) is 49.2 Å². The molecule has 0 aromatic carbocycles. The second kappa shape index (κ2) is 18.0. The van der Waals surface area contributed by atoms with Crippen molar-refractivity contribution >= 4 is 0 Å².